The van der Waals surface area contributed by atoms with E-state index in [1.165, 1.54) is 6.42 Å². The molecule has 1 N–H and O–H groups in total. The first kappa shape index (κ1) is 16.4. The second-order valence-electron chi connectivity index (χ2n) is 9.22. The molecule has 3 nitrogen and oxygen atoms in total. The van der Waals surface area contributed by atoms with Gasteiger partial charge in [-0.15, -0.1) is 0 Å². The van der Waals surface area contributed by atoms with E-state index in [-0.39, 0.29) is 16.9 Å². The average molecular weight is 308 g/mol. The highest BCUT2D eigenvalue weighted by Crippen LogP contribution is 2.60. The van der Waals surface area contributed by atoms with Gasteiger partial charge in [0.1, 0.15) is 5.78 Å². The number of ketones is 1. The van der Waals surface area contributed by atoms with Crippen LogP contribution in [0.5, 0.6) is 0 Å². The van der Waals surface area contributed by atoms with Crippen LogP contribution in [0.3, 0.4) is 0 Å². The van der Waals surface area contributed by atoms with Gasteiger partial charge in [0.25, 0.3) is 0 Å². The molecule has 5 atom stereocenters. The third kappa shape index (κ3) is 2.75. The van der Waals surface area contributed by atoms with E-state index in [9.17, 15) is 9.90 Å². The Kier molecular flexibility index (Phi) is 3.97. The first-order valence-corrected chi connectivity index (χ1v) is 9.03. The molecule has 126 valence electrons. The lowest BCUT2D eigenvalue weighted by Crippen LogP contribution is -2.46. The van der Waals surface area contributed by atoms with Gasteiger partial charge in [-0.25, -0.2) is 0 Å². The zero-order valence-electron chi connectivity index (χ0n) is 14.7. The van der Waals surface area contributed by atoms with Crippen LogP contribution in [-0.4, -0.2) is 28.7 Å². The molecule has 3 fully saturated rings. The Labute approximate surface area is 134 Å². The SMILES string of the molecule is CC(C)(O)C[C@H]1CO[C@](C)([C@@H]2CC[C@H]3C(=O)CCC[C@]23C)C1. The summed E-state index contributed by atoms with van der Waals surface area (Å²) in [6.07, 6.45) is 7.00. The smallest absolute Gasteiger partial charge is 0.136 e. The molecule has 3 heteroatoms. The van der Waals surface area contributed by atoms with Gasteiger partial charge in [0.15, 0.2) is 0 Å². The third-order valence-electron chi connectivity index (χ3n) is 6.73. The number of carbonyl (C=O) groups is 1. The molecule has 22 heavy (non-hydrogen) atoms. The molecule has 2 aliphatic carbocycles. The molecule has 1 aliphatic heterocycles. The van der Waals surface area contributed by atoms with Crippen molar-refractivity contribution < 1.29 is 14.6 Å². The van der Waals surface area contributed by atoms with E-state index in [1.807, 2.05) is 13.8 Å². The summed E-state index contributed by atoms with van der Waals surface area (Å²) in [6.45, 7) is 9.12. The number of aliphatic hydroxyl groups is 1. The van der Waals surface area contributed by atoms with Crippen molar-refractivity contribution in [1.82, 2.24) is 0 Å². The number of ether oxygens (including phenoxy) is 1. The predicted octanol–water partition coefficient (Wildman–Crippen LogP) is 3.73. The zero-order valence-corrected chi connectivity index (χ0v) is 14.7. The van der Waals surface area contributed by atoms with Crippen LogP contribution in [0.2, 0.25) is 0 Å². The molecule has 0 aromatic rings. The fourth-order valence-corrected chi connectivity index (χ4v) is 6.01. The predicted molar refractivity (Wildman–Crippen MR) is 86.6 cm³/mol. The van der Waals surface area contributed by atoms with Crippen molar-refractivity contribution in [2.75, 3.05) is 6.61 Å². The summed E-state index contributed by atoms with van der Waals surface area (Å²) in [5.41, 5.74) is -0.604. The van der Waals surface area contributed by atoms with E-state index in [2.05, 4.69) is 13.8 Å². The fraction of sp³-hybridized carbons (Fsp3) is 0.947. The maximum atomic E-state index is 12.3. The van der Waals surface area contributed by atoms with E-state index < -0.39 is 5.60 Å². The first-order valence-electron chi connectivity index (χ1n) is 9.03. The molecule has 0 aromatic heterocycles. The molecule has 0 bridgehead atoms. The number of fused-ring (bicyclic) bond motifs is 1. The van der Waals surface area contributed by atoms with Crippen molar-refractivity contribution in [2.45, 2.75) is 83.8 Å². The van der Waals surface area contributed by atoms with E-state index in [0.717, 1.165) is 45.1 Å². The lowest BCUT2D eigenvalue weighted by atomic mass is 9.60. The van der Waals surface area contributed by atoms with Crippen LogP contribution in [0.15, 0.2) is 0 Å². The van der Waals surface area contributed by atoms with Crippen LogP contribution in [-0.2, 0) is 9.53 Å². The maximum absolute atomic E-state index is 12.3. The number of hydrogen-bond acceptors (Lipinski definition) is 3. The Bertz CT molecular complexity index is 452. The number of rotatable bonds is 3. The molecule has 0 amide bonds. The molecule has 0 radical (unpaired) electrons. The molecule has 2 saturated carbocycles. The van der Waals surface area contributed by atoms with E-state index in [0.29, 0.717) is 17.6 Å². The minimum atomic E-state index is -0.623. The third-order valence-corrected chi connectivity index (χ3v) is 6.73. The Morgan fingerprint density at radius 1 is 1.32 bits per heavy atom. The Balaban J connectivity index is 1.75. The van der Waals surface area contributed by atoms with Crippen LogP contribution in [0.4, 0.5) is 0 Å². The van der Waals surface area contributed by atoms with Crippen molar-refractivity contribution in [1.29, 1.82) is 0 Å². The van der Waals surface area contributed by atoms with Gasteiger partial charge in [0.2, 0.25) is 0 Å². The molecule has 0 aromatic carbocycles. The van der Waals surface area contributed by atoms with Gasteiger partial charge in [-0.3, -0.25) is 4.79 Å². The minimum absolute atomic E-state index is 0.114. The highest BCUT2D eigenvalue weighted by molar-refractivity contribution is 5.83. The summed E-state index contributed by atoms with van der Waals surface area (Å²) in [7, 11) is 0. The lowest BCUT2D eigenvalue weighted by molar-refractivity contribution is -0.134. The van der Waals surface area contributed by atoms with Gasteiger partial charge in [-0.05, 0) is 76.5 Å². The van der Waals surface area contributed by atoms with Crippen LogP contribution < -0.4 is 0 Å². The molecular formula is C19H32O3. The van der Waals surface area contributed by atoms with Gasteiger partial charge in [-0.2, -0.15) is 0 Å². The Morgan fingerprint density at radius 3 is 2.73 bits per heavy atom. The lowest BCUT2D eigenvalue weighted by Gasteiger charge is -2.46. The molecule has 1 saturated heterocycles. The highest BCUT2D eigenvalue weighted by Gasteiger charge is 2.58. The van der Waals surface area contributed by atoms with Crippen molar-refractivity contribution in [3.63, 3.8) is 0 Å². The van der Waals surface area contributed by atoms with Crippen LogP contribution in [0.1, 0.15) is 72.6 Å². The highest BCUT2D eigenvalue weighted by atomic mass is 16.5. The van der Waals surface area contributed by atoms with Crippen molar-refractivity contribution in [3.05, 3.63) is 0 Å². The van der Waals surface area contributed by atoms with Crippen LogP contribution in [0, 0.1) is 23.2 Å². The number of carbonyl (C=O) groups excluding carboxylic acids is 1. The van der Waals surface area contributed by atoms with E-state index >= 15 is 0 Å². The molecule has 0 unspecified atom stereocenters. The second-order valence-corrected chi connectivity index (χ2v) is 9.22. The van der Waals surface area contributed by atoms with Crippen LogP contribution in [0.25, 0.3) is 0 Å². The quantitative estimate of drug-likeness (QED) is 0.864. The summed E-state index contributed by atoms with van der Waals surface area (Å²) in [6, 6.07) is 0. The Hall–Kier alpha value is -0.410. The van der Waals surface area contributed by atoms with E-state index in [4.69, 9.17) is 4.74 Å². The molecule has 1 heterocycles. The largest absolute Gasteiger partial charge is 0.390 e. The first-order chi connectivity index (χ1) is 10.1. The summed E-state index contributed by atoms with van der Waals surface area (Å²) in [5, 5.41) is 10.1. The van der Waals surface area contributed by atoms with Crippen molar-refractivity contribution >= 4 is 5.78 Å². The molecule has 0 spiro atoms. The van der Waals surface area contributed by atoms with Crippen molar-refractivity contribution in [3.8, 4) is 0 Å². The monoisotopic (exact) mass is 308 g/mol. The summed E-state index contributed by atoms with van der Waals surface area (Å²) in [5.74, 6) is 1.68. The van der Waals surface area contributed by atoms with Gasteiger partial charge in [-0.1, -0.05) is 6.92 Å². The molecule has 3 aliphatic rings. The van der Waals surface area contributed by atoms with Crippen LogP contribution >= 0.6 is 0 Å². The number of Topliss-reactive ketones (excluding diaryl/α,β-unsaturated/α-hetero) is 1. The topological polar surface area (TPSA) is 46.5 Å². The Morgan fingerprint density at radius 2 is 2.05 bits per heavy atom. The average Bonchev–Trinajstić information content (AvgIpc) is 2.90. The van der Waals surface area contributed by atoms with E-state index in [1.54, 1.807) is 0 Å². The minimum Gasteiger partial charge on any atom is -0.390 e. The molecule has 3 rings (SSSR count). The summed E-state index contributed by atoms with van der Waals surface area (Å²) in [4.78, 5) is 12.3. The maximum Gasteiger partial charge on any atom is 0.136 e. The van der Waals surface area contributed by atoms with Gasteiger partial charge < -0.3 is 9.84 Å². The van der Waals surface area contributed by atoms with Gasteiger partial charge in [0, 0.05) is 12.3 Å². The standard InChI is InChI=1S/C19H32O3/c1-17(2,21)10-13-11-19(4,22-12-13)16-8-7-14-15(20)6-5-9-18(14,16)3/h13-14,16,21H,5-12H2,1-4H3/t13-,14+,16-,18+,19+/m1/s1. The second kappa shape index (κ2) is 5.31. The van der Waals surface area contributed by atoms with Crippen molar-refractivity contribution in [2.24, 2.45) is 23.2 Å². The van der Waals surface area contributed by atoms with Gasteiger partial charge >= 0.3 is 0 Å². The summed E-state index contributed by atoms with van der Waals surface area (Å²) >= 11 is 0. The number of hydrogen-bond donors (Lipinski definition) is 1. The zero-order chi connectivity index (χ0) is 16.2. The normalized spacial score (nSPS) is 46.0. The van der Waals surface area contributed by atoms with Gasteiger partial charge in [0.05, 0.1) is 17.8 Å². The fourth-order valence-electron chi connectivity index (χ4n) is 6.01. The molecular weight excluding hydrogens is 276 g/mol. The summed E-state index contributed by atoms with van der Waals surface area (Å²) < 4.78 is 6.31.